The Hall–Kier alpha value is -1.07. The van der Waals surface area contributed by atoms with Gasteiger partial charge in [0.05, 0.1) is 13.2 Å². The van der Waals surface area contributed by atoms with E-state index in [1.54, 1.807) is 7.11 Å². The van der Waals surface area contributed by atoms with Gasteiger partial charge in [-0.25, -0.2) is 0 Å². The summed E-state index contributed by atoms with van der Waals surface area (Å²) in [5.74, 6) is 0.932. The van der Waals surface area contributed by atoms with Crippen LogP contribution in [0.3, 0.4) is 0 Å². The molecule has 1 unspecified atom stereocenters. The summed E-state index contributed by atoms with van der Waals surface area (Å²) in [5.41, 5.74) is 3.69. The minimum absolute atomic E-state index is 0.208. The number of nitrogens with one attached hydrogen (secondary N) is 1. The summed E-state index contributed by atoms with van der Waals surface area (Å²) in [6.45, 7) is 2.07. The molecule has 0 bridgehead atoms. The fraction of sp³-hybridized carbons (Fsp3) is 0.250. The van der Waals surface area contributed by atoms with E-state index in [-0.39, 0.29) is 6.04 Å². The minimum Gasteiger partial charge on any atom is -0.496 e. The summed E-state index contributed by atoms with van der Waals surface area (Å²) in [6, 6.07) is 15.1. The molecule has 0 spiro atoms. The number of aryl methyl sites for hydroxylation is 1. The second-order valence-electron chi connectivity index (χ2n) is 4.51. The molecule has 2 rings (SSSR count). The van der Waals surface area contributed by atoms with Gasteiger partial charge < -0.3 is 10.1 Å². The Kier molecular flexibility index (Phi) is 4.82. The molecular formula is C16H18INO. The van der Waals surface area contributed by atoms with E-state index >= 15 is 0 Å². The van der Waals surface area contributed by atoms with Crippen molar-refractivity contribution in [2.75, 3.05) is 14.2 Å². The van der Waals surface area contributed by atoms with Crippen LogP contribution in [0.1, 0.15) is 22.7 Å². The van der Waals surface area contributed by atoms with Crippen molar-refractivity contribution in [2.24, 2.45) is 0 Å². The van der Waals surface area contributed by atoms with Gasteiger partial charge in [0.25, 0.3) is 0 Å². The van der Waals surface area contributed by atoms with E-state index in [1.807, 2.05) is 13.1 Å². The minimum atomic E-state index is 0.208. The Morgan fingerprint density at radius 3 is 2.42 bits per heavy atom. The molecule has 0 saturated carbocycles. The third-order valence-corrected chi connectivity index (χ3v) is 3.89. The zero-order valence-corrected chi connectivity index (χ0v) is 13.6. The third kappa shape index (κ3) is 3.28. The summed E-state index contributed by atoms with van der Waals surface area (Å²) in [5, 5.41) is 3.38. The monoisotopic (exact) mass is 367 g/mol. The lowest BCUT2D eigenvalue weighted by Crippen LogP contribution is -2.17. The molecule has 2 nitrogen and oxygen atoms in total. The second-order valence-corrected chi connectivity index (χ2v) is 5.75. The highest BCUT2D eigenvalue weighted by Crippen LogP contribution is 2.27. The van der Waals surface area contributed by atoms with Crippen molar-refractivity contribution in [2.45, 2.75) is 13.0 Å². The van der Waals surface area contributed by atoms with Crippen LogP contribution in [-0.2, 0) is 0 Å². The number of hydrogen-bond acceptors (Lipinski definition) is 2. The molecule has 2 aromatic rings. The van der Waals surface area contributed by atoms with Gasteiger partial charge in [0, 0.05) is 3.57 Å². The quantitative estimate of drug-likeness (QED) is 0.828. The Balaban J connectivity index is 2.39. The molecule has 0 heterocycles. The van der Waals surface area contributed by atoms with E-state index in [1.165, 1.54) is 14.7 Å². The number of methoxy groups -OCH3 is 1. The van der Waals surface area contributed by atoms with Crippen LogP contribution in [0.25, 0.3) is 0 Å². The Labute approximate surface area is 128 Å². The number of rotatable bonds is 4. The maximum Gasteiger partial charge on any atom is 0.121 e. The molecule has 100 valence electrons. The maximum absolute atomic E-state index is 5.32. The molecule has 3 heteroatoms. The van der Waals surface area contributed by atoms with Crippen LogP contribution in [0, 0.1) is 10.5 Å². The zero-order valence-electron chi connectivity index (χ0n) is 11.4. The Morgan fingerprint density at radius 1 is 1.11 bits per heavy atom. The first-order valence-corrected chi connectivity index (χ1v) is 7.31. The molecule has 0 aromatic heterocycles. The highest BCUT2D eigenvalue weighted by Gasteiger charge is 2.13. The molecular weight excluding hydrogens is 349 g/mol. The summed E-state index contributed by atoms with van der Waals surface area (Å²) in [4.78, 5) is 0. The van der Waals surface area contributed by atoms with E-state index in [9.17, 15) is 0 Å². The lowest BCUT2D eigenvalue weighted by atomic mass is 9.97. The summed E-state index contributed by atoms with van der Waals surface area (Å²) < 4.78 is 6.57. The fourth-order valence-electron chi connectivity index (χ4n) is 2.29. The average molecular weight is 367 g/mol. The molecule has 1 N–H and O–H groups in total. The van der Waals surface area contributed by atoms with Gasteiger partial charge in [-0.15, -0.1) is 0 Å². The van der Waals surface area contributed by atoms with Crippen molar-refractivity contribution in [3.63, 3.8) is 0 Å². The topological polar surface area (TPSA) is 21.3 Å². The lowest BCUT2D eigenvalue weighted by Gasteiger charge is -2.19. The van der Waals surface area contributed by atoms with Crippen molar-refractivity contribution < 1.29 is 4.74 Å². The number of ether oxygens (including phenoxy) is 1. The van der Waals surface area contributed by atoms with Crippen molar-refractivity contribution in [3.05, 3.63) is 62.7 Å². The molecule has 0 aliphatic rings. The Morgan fingerprint density at radius 2 is 1.84 bits per heavy atom. The molecule has 0 aliphatic carbocycles. The van der Waals surface area contributed by atoms with Crippen LogP contribution in [-0.4, -0.2) is 14.2 Å². The van der Waals surface area contributed by atoms with Crippen molar-refractivity contribution in [3.8, 4) is 5.75 Å². The molecule has 19 heavy (non-hydrogen) atoms. The van der Waals surface area contributed by atoms with E-state index in [2.05, 4.69) is 71.2 Å². The molecule has 0 saturated heterocycles. The zero-order chi connectivity index (χ0) is 13.8. The van der Waals surface area contributed by atoms with Crippen LogP contribution >= 0.6 is 22.6 Å². The van der Waals surface area contributed by atoms with Crippen LogP contribution in [0.4, 0.5) is 0 Å². The summed E-state index contributed by atoms with van der Waals surface area (Å²) in [6.07, 6.45) is 0. The number of halogens is 1. The van der Waals surface area contributed by atoms with Crippen molar-refractivity contribution in [1.29, 1.82) is 0 Å². The smallest absolute Gasteiger partial charge is 0.121 e. The van der Waals surface area contributed by atoms with Crippen molar-refractivity contribution >= 4 is 22.6 Å². The van der Waals surface area contributed by atoms with Gasteiger partial charge in [-0.3, -0.25) is 0 Å². The molecule has 0 fully saturated rings. The van der Waals surface area contributed by atoms with Gasteiger partial charge in [0.15, 0.2) is 0 Å². The summed E-state index contributed by atoms with van der Waals surface area (Å²) >= 11 is 2.34. The average Bonchev–Trinajstić information content (AvgIpc) is 2.40. The first-order valence-electron chi connectivity index (χ1n) is 6.23. The normalized spacial score (nSPS) is 12.2. The van der Waals surface area contributed by atoms with Gasteiger partial charge in [-0.2, -0.15) is 0 Å². The first-order chi connectivity index (χ1) is 9.15. The van der Waals surface area contributed by atoms with Gasteiger partial charge in [-0.1, -0.05) is 24.3 Å². The van der Waals surface area contributed by atoms with E-state index in [0.29, 0.717) is 0 Å². The maximum atomic E-state index is 5.32. The molecule has 0 radical (unpaired) electrons. The molecule has 1 atom stereocenters. The largest absolute Gasteiger partial charge is 0.496 e. The van der Waals surface area contributed by atoms with Crippen molar-refractivity contribution in [1.82, 2.24) is 5.32 Å². The van der Waals surface area contributed by atoms with Gasteiger partial charge in [0.2, 0.25) is 0 Å². The van der Waals surface area contributed by atoms with Crippen LogP contribution in [0.15, 0.2) is 42.5 Å². The predicted molar refractivity (Wildman–Crippen MR) is 87.8 cm³/mol. The van der Waals surface area contributed by atoms with E-state index in [0.717, 1.165) is 11.3 Å². The molecule has 0 aliphatic heterocycles. The predicted octanol–water partition coefficient (Wildman–Crippen LogP) is 3.92. The molecule has 2 aromatic carbocycles. The fourth-order valence-corrected chi connectivity index (χ4v) is 2.86. The van der Waals surface area contributed by atoms with Crippen LogP contribution < -0.4 is 10.1 Å². The molecule has 0 amide bonds. The van der Waals surface area contributed by atoms with Gasteiger partial charge in [-0.05, 0) is 71.5 Å². The lowest BCUT2D eigenvalue weighted by molar-refractivity contribution is 0.411. The highest BCUT2D eigenvalue weighted by molar-refractivity contribution is 14.1. The first kappa shape index (κ1) is 14.3. The Bertz CT molecular complexity index is 568. The number of benzene rings is 2. The van der Waals surface area contributed by atoms with E-state index in [4.69, 9.17) is 4.74 Å². The van der Waals surface area contributed by atoms with Gasteiger partial charge >= 0.3 is 0 Å². The number of hydrogen-bond donors (Lipinski definition) is 1. The summed E-state index contributed by atoms with van der Waals surface area (Å²) in [7, 11) is 3.70. The standard InChI is InChI=1S/C16H18INO/c1-11-9-13(7-8-15(11)19-3)16(18-2)12-5-4-6-14(17)10-12/h4-10,16,18H,1-3H3. The van der Waals surface area contributed by atoms with E-state index < -0.39 is 0 Å². The third-order valence-electron chi connectivity index (χ3n) is 3.22. The second kappa shape index (κ2) is 6.39. The van der Waals surface area contributed by atoms with Crippen LogP contribution in [0.5, 0.6) is 5.75 Å². The van der Waals surface area contributed by atoms with Gasteiger partial charge in [0.1, 0.15) is 5.75 Å². The highest BCUT2D eigenvalue weighted by atomic mass is 127. The SMILES string of the molecule is CNC(c1cccc(I)c1)c1ccc(OC)c(C)c1. The van der Waals surface area contributed by atoms with Crippen LogP contribution in [0.2, 0.25) is 0 Å².